The topological polar surface area (TPSA) is 18.5 Å². The van der Waals surface area contributed by atoms with Gasteiger partial charge in [-0.2, -0.15) is 0 Å². The second-order valence-electron chi connectivity index (χ2n) is 3.03. The number of hydrogen-bond acceptors (Lipinski definition) is 3. The molecular formula is C12H12O2S. The van der Waals surface area contributed by atoms with E-state index in [1.165, 1.54) is 0 Å². The first-order chi connectivity index (χ1) is 7.36. The SMILES string of the molecule is C=C=Cc1sc(/C=C/C)c2c1OCCO2. The molecule has 0 unspecified atom stereocenters. The minimum atomic E-state index is 0.608. The highest BCUT2D eigenvalue weighted by Crippen LogP contribution is 2.45. The molecule has 0 bridgehead atoms. The quantitative estimate of drug-likeness (QED) is 0.711. The van der Waals surface area contributed by atoms with Crippen LogP contribution in [0.25, 0.3) is 12.2 Å². The summed E-state index contributed by atoms with van der Waals surface area (Å²) in [6, 6.07) is 0. The normalized spacial score (nSPS) is 13.9. The van der Waals surface area contributed by atoms with Crippen LogP contribution in [0.5, 0.6) is 11.5 Å². The maximum atomic E-state index is 5.60. The van der Waals surface area contributed by atoms with Crippen LogP contribution in [0.2, 0.25) is 0 Å². The first kappa shape index (κ1) is 10.1. The molecule has 0 fully saturated rings. The van der Waals surface area contributed by atoms with Crippen LogP contribution in [-0.2, 0) is 0 Å². The van der Waals surface area contributed by atoms with Gasteiger partial charge >= 0.3 is 0 Å². The number of ether oxygens (including phenoxy) is 2. The van der Waals surface area contributed by atoms with Crippen molar-refractivity contribution < 1.29 is 9.47 Å². The predicted molar refractivity (Wildman–Crippen MR) is 63.6 cm³/mol. The van der Waals surface area contributed by atoms with E-state index in [0.717, 1.165) is 21.3 Å². The summed E-state index contributed by atoms with van der Waals surface area (Å²) in [6.07, 6.45) is 5.84. The van der Waals surface area contributed by atoms with Crippen molar-refractivity contribution in [3.63, 3.8) is 0 Å². The first-order valence-corrected chi connectivity index (χ1v) is 5.59. The zero-order chi connectivity index (χ0) is 10.7. The van der Waals surface area contributed by atoms with Gasteiger partial charge in [-0.25, -0.2) is 0 Å². The Bertz CT molecular complexity index is 437. The molecule has 0 spiro atoms. The molecule has 1 aliphatic rings. The summed E-state index contributed by atoms with van der Waals surface area (Å²) in [4.78, 5) is 2.11. The molecule has 0 amide bonds. The fourth-order valence-corrected chi connectivity index (χ4v) is 2.52. The highest BCUT2D eigenvalue weighted by molar-refractivity contribution is 7.14. The Morgan fingerprint density at radius 3 is 2.53 bits per heavy atom. The van der Waals surface area contributed by atoms with Crippen molar-refractivity contribution in [2.45, 2.75) is 6.92 Å². The van der Waals surface area contributed by atoms with E-state index in [2.05, 4.69) is 12.3 Å². The van der Waals surface area contributed by atoms with E-state index >= 15 is 0 Å². The summed E-state index contributed by atoms with van der Waals surface area (Å²) >= 11 is 1.63. The molecule has 1 aromatic heterocycles. The van der Waals surface area contributed by atoms with E-state index in [4.69, 9.17) is 9.47 Å². The average molecular weight is 220 g/mol. The number of thiophene rings is 1. The third-order valence-corrected chi connectivity index (χ3v) is 3.07. The second-order valence-corrected chi connectivity index (χ2v) is 4.12. The fourth-order valence-electron chi connectivity index (χ4n) is 1.44. The molecule has 2 nitrogen and oxygen atoms in total. The Balaban J connectivity index is 2.53. The van der Waals surface area contributed by atoms with Crippen molar-refractivity contribution in [3.8, 4) is 11.5 Å². The third kappa shape index (κ3) is 1.84. The maximum absolute atomic E-state index is 5.60. The molecule has 2 heterocycles. The monoisotopic (exact) mass is 220 g/mol. The summed E-state index contributed by atoms with van der Waals surface area (Å²) in [7, 11) is 0. The lowest BCUT2D eigenvalue weighted by molar-refractivity contribution is 0.173. The third-order valence-electron chi connectivity index (χ3n) is 2.00. The van der Waals surface area contributed by atoms with Crippen molar-refractivity contribution in [2.24, 2.45) is 0 Å². The van der Waals surface area contributed by atoms with Gasteiger partial charge in [-0.15, -0.1) is 17.1 Å². The van der Waals surface area contributed by atoms with Gasteiger partial charge < -0.3 is 9.47 Å². The van der Waals surface area contributed by atoms with Gasteiger partial charge in [-0.3, -0.25) is 0 Å². The minimum absolute atomic E-state index is 0.608. The predicted octanol–water partition coefficient (Wildman–Crippen LogP) is 3.35. The van der Waals surface area contributed by atoms with Crippen LogP contribution < -0.4 is 9.47 Å². The maximum Gasteiger partial charge on any atom is 0.180 e. The van der Waals surface area contributed by atoms with Crippen LogP contribution in [-0.4, -0.2) is 13.2 Å². The number of fused-ring (bicyclic) bond motifs is 1. The van der Waals surface area contributed by atoms with Crippen LogP contribution >= 0.6 is 11.3 Å². The molecular weight excluding hydrogens is 208 g/mol. The lowest BCUT2D eigenvalue weighted by atomic mass is 10.3. The Morgan fingerprint density at radius 1 is 1.27 bits per heavy atom. The van der Waals surface area contributed by atoms with Gasteiger partial charge in [0.25, 0.3) is 0 Å². The molecule has 0 aliphatic carbocycles. The Kier molecular flexibility index (Phi) is 2.95. The van der Waals surface area contributed by atoms with Crippen LogP contribution in [0.15, 0.2) is 18.4 Å². The lowest BCUT2D eigenvalue weighted by Crippen LogP contribution is -2.14. The number of rotatable bonds is 2. The first-order valence-electron chi connectivity index (χ1n) is 4.77. The molecule has 0 radical (unpaired) electrons. The Labute approximate surface area is 93.1 Å². The number of hydrogen-bond donors (Lipinski definition) is 0. The van der Waals surface area contributed by atoms with Crippen molar-refractivity contribution >= 4 is 23.5 Å². The van der Waals surface area contributed by atoms with Gasteiger partial charge in [0.05, 0.1) is 9.75 Å². The van der Waals surface area contributed by atoms with Gasteiger partial charge in [0.2, 0.25) is 0 Å². The summed E-state index contributed by atoms with van der Waals surface area (Å²) < 4.78 is 11.2. The van der Waals surface area contributed by atoms with Crippen molar-refractivity contribution in [1.82, 2.24) is 0 Å². The molecule has 15 heavy (non-hydrogen) atoms. The van der Waals surface area contributed by atoms with Crippen LogP contribution in [0.4, 0.5) is 0 Å². The standard InChI is InChI=1S/C12H12O2S/c1-3-5-9-11-12(14-8-7-13-11)10(15-9)6-4-2/h4-6H,1,7-8H2,2H3/b6-4+. The fraction of sp³-hybridized carbons (Fsp3) is 0.250. The largest absolute Gasteiger partial charge is 0.485 e. The van der Waals surface area contributed by atoms with E-state index in [-0.39, 0.29) is 0 Å². The molecule has 1 aliphatic heterocycles. The molecule has 0 N–H and O–H groups in total. The molecule has 0 saturated heterocycles. The smallest absolute Gasteiger partial charge is 0.180 e. The van der Waals surface area contributed by atoms with E-state index in [9.17, 15) is 0 Å². The molecule has 0 saturated carbocycles. The summed E-state index contributed by atoms with van der Waals surface area (Å²) in [5.74, 6) is 1.68. The van der Waals surface area contributed by atoms with E-state index < -0.39 is 0 Å². The van der Waals surface area contributed by atoms with Gasteiger partial charge in [0.15, 0.2) is 11.5 Å². The highest BCUT2D eigenvalue weighted by atomic mass is 32.1. The van der Waals surface area contributed by atoms with Gasteiger partial charge in [0.1, 0.15) is 13.2 Å². The zero-order valence-electron chi connectivity index (χ0n) is 8.58. The Morgan fingerprint density at radius 2 is 1.93 bits per heavy atom. The van der Waals surface area contributed by atoms with E-state index in [1.54, 1.807) is 11.3 Å². The van der Waals surface area contributed by atoms with Gasteiger partial charge in [0, 0.05) is 6.08 Å². The summed E-state index contributed by atoms with van der Waals surface area (Å²) in [5.41, 5.74) is 2.77. The molecule has 0 aromatic carbocycles. The highest BCUT2D eigenvalue weighted by Gasteiger charge is 2.21. The number of allylic oxidation sites excluding steroid dienone is 1. The Hall–Kier alpha value is -1.44. The summed E-state index contributed by atoms with van der Waals surface area (Å²) in [6.45, 7) is 6.78. The zero-order valence-corrected chi connectivity index (χ0v) is 9.39. The van der Waals surface area contributed by atoms with E-state index in [1.807, 2.05) is 25.2 Å². The van der Waals surface area contributed by atoms with Crippen LogP contribution in [0.3, 0.4) is 0 Å². The summed E-state index contributed by atoms with van der Waals surface area (Å²) in [5, 5.41) is 0. The second kappa shape index (κ2) is 4.39. The minimum Gasteiger partial charge on any atom is -0.485 e. The van der Waals surface area contributed by atoms with E-state index in [0.29, 0.717) is 13.2 Å². The van der Waals surface area contributed by atoms with Crippen molar-refractivity contribution in [2.75, 3.05) is 13.2 Å². The van der Waals surface area contributed by atoms with Crippen molar-refractivity contribution in [3.05, 3.63) is 28.1 Å². The van der Waals surface area contributed by atoms with Crippen LogP contribution in [0.1, 0.15) is 16.7 Å². The lowest BCUT2D eigenvalue weighted by Gasteiger charge is -2.15. The molecule has 1 aromatic rings. The molecule has 78 valence electrons. The molecule has 0 atom stereocenters. The average Bonchev–Trinajstić information content (AvgIpc) is 2.59. The molecule has 3 heteroatoms. The van der Waals surface area contributed by atoms with Gasteiger partial charge in [-0.1, -0.05) is 12.7 Å². The van der Waals surface area contributed by atoms with Gasteiger partial charge in [-0.05, 0) is 13.0 Å². The van der Waals surface area contributed by atoms with Crippen LogP contribution in [0, 0.1) is 0 Å². The molecule has 2 rings (SSSR count). The van der Waals surface area contributed by atoms with Crippen molar-refractivity contribution in [1.29, 1.82) is 0 Å².